The summed E-state index contributed by atoms with van der Waals surface area (Å²) in [4.78, 5) is 64.0. The molecule has 0 bridgehead atoms. The van der Waals surface area contributed by atoms with Crippen molar-refractivity contribution < 1.29 is 23.2 Å². The third-order valence-corrected chi connectivity index (χ3v) is 11.9. The molecule has 2 saturated heterocycles. The van der Waals surface area contributed by atoms with Gasteiger partial charge < -0.3 is 15.1 Å². The van der Waals surface area contributed by atoms with E-state index in [1.54, 1.807) is 23.9 Å². The number of halogens is 2. The van der Waals surface area contributed by atoms with Gasteiger partial charge in [-0.05, 0) is 63.3 Å². The number of aromatic nitrogens is 6. The van der Waals surface area contributed by atoms with Gasteiger partial charge in [0.2, 0.25) is 11.8 Å². The molecular formula is C35H38F2N10O4S. The maximum atomic E-state index is 14.0. The highest BCUT2D eigenvalue weighted by Gasteiger charge is 2.37. The lowest BCUT2D eigenvalue weighted by Gasteiger charge is -2.42. The Bertz CT molecular complexity index is 2250. The van der Waals surface area contributed by atoms with E-state index < -0.39 is 30.0 Å². The fourth-order valence-electron chi connectivity index (χ4n) is 8.01. The minimum absolute atomic E-state index is 0.0564. The molecule has 4 aromatic heterocycles. The van der Waals surface area contributed by atoms with E-state index in [1.165, 1.54) is 21.5 Å². The number of benzene rings is 1. The van der Waals surface area contributed by atoms with Crippen molar-refractivity contribution in [3.8, 4) is 0 Å². The molecule has 1 saturated carbocycles. The predicted molar refractivity (Wildman–Crippen MR) is 190 cm³/mol. The summed E-state index contributed by atoms with van der Waals surface area (Å²) in [5, 5.41) is 9.78. The minimum atomic E-state index is -2.82. The normalized spacial score (nSPS) is 21.3. The molecule has 6 heterocycles. The number of piperidine rings is 2. The van der Waals surface area contributed by atoms with Crippen LogP contribution in [0.3, 0.4) is 0 Å². The maximum Gasteiger partial charge on any atom is 0.329 e. The van der Waals surface area contributed by atoms with Crippen LogP contribution in [0.1, 0.15) is 78.0 Å². The molecule has 2 N–H and O–H groups in total. The monoisotopic (exact) mass is 732 g/mol. The molecule has 14 nitrogen and oxygen atoms in total. The highest BCUT2D eigenvalue weighted by Crippen LogP contribution is 2.46. The molecule has 0 radical (unpaired) electrons. The van der Waals surface area contributed by atoms with E-state index in [4.69, 9.17) is 0 Å². The Morgan fingerprint density at radius 1 is 1.13 bits per heavy atom. The molecule has 1 aromatic carbocycles. The Hall–Kier alpha value is -5.03. The first-order valence-electron chi connectivity index (χ1n) is 17.4. The number of para-hydroxylation sites is 1. The predicted octanol–water partition coefficient (Wildman–Crippen LogP) is 4.10. The molecule has 8 rings (SSSR count). The smallest absolute Gasteiger partial charge is 0.329 e. The third kappa shape index (κ3) is 6.04. The van der Waals surface area contributed by atoms with Gasteiger partial charge in [0.1, 0.15) is 22.3 Å². The standard InChI is InChI=1S/C35H38F2N10O4S/c1-43(18-19-15-20(16-19)33-41-27(29(36)37)34(52-33)42-31(49)22-17-39-46-12-4-11-38-30(22)46)21-9-13-45(14-10-21)23-5-3-6-24-28(23)44(2)35(51)47(24)25-7-8-26(48)40-32(25)50/h3-6,11-12,17,19-21,25,29H,7-10,13-16,18H2,1-2H3,(H,42,49)(H,40,48,50)/t19-,20-,25?. The second-order valence-electron chi connectivity index (χ2n) is 14.0. The number of nitrogens with one attached hydrogen (secondary N) is 2. The highest BCUT2D eigenvalue weighted by atomic mass is 32.1. The van der Waals surface area contributed by atoms with Gasteiger partial charge in [-0.1, -0.05) is 6.07 Å². The number of carbonyl (C=O) groups is 3. The number of imide groups is 1. The number of hydrogen-bond donors (Lipinski definition) is 2. The zero-order chi connectivity index (χ0) is 36.3. The molecule has 17 heteroatoms. The van der Waals surface area contributed by atoms with Crippen LogP contribution < -0.4 is 21.2 Å². The number of fused-ring (bicyclic) bond motifs is 2. The van der Waals surface area contributed by atoms with Crippen LogP contribution in [-0.4, -0.2) is 84.1 Å². The average molecular weight is 733 g/mol. The summed E-state index contributed by atoms with van der Waals surface area (Å²) < 4.78 is 32.6. The van der Waals surface area contributed by atoms with E-state index in [1.807, 2.05) is 18.2 Å². The minimum Gasteiger partial charge on any atom is -0.370 e. The van der Waals surface area contributed by atoms with Crippen molar-refractivity contribution >= 4 is 56.4 Å². The maximum absolute atomic E-state index is 14.0. The van der Waals surface area contributed by atoms with E-state index in [2.05, 4.69) is 42.5 Å². The fourth-order valence-corrected chi connectivity index (χ4v) is 9.11. The van der Waals surface area contributed by atoms with Gasteiger partial charge in [-0.15, -0.1) is 11.3 Å². The molecule has 52 heavy (non-hydrogen) atoms. The SMILES string of the molecule is CN(C[C@H]1C[C@H](c2nc(C(F)F)c(NC(=O)c3cnn4cccnc34)s2)C1)C1CCN(c2cccc3c2n(C)c(=O)n3C2CCC(=O)NC2=O)CC1. The topological polar surface area (TPSA) is 152 Å². The Morgan fingerprint density at radius 2 is 1.92 bits per heavy atom. The van der Waals surface area contributed by atoms with Crippen LogP contribution >= 0.6 is 11.3 Å². The molecule has 272 valence electrons. The quantitative estimate of drug-likeness (QED) is 0.214. The number of alkyl halides is 2. The number of hydrogen-bond acceptors (Lipinski definition) is 10. The van der Waals surface area contributed by atoms with Crippen LogP contribution in [0.25, 0.3) is 16.7 Å². The number of thiazole rings is 1. The number of amides is 3. The van der Waals surface area contributed by atoms with Gasteiger partial charge in [0, 0.05) is 57.5 Å². The fraction of sp³-hybridized carbons (Fsp3) is 0.457. The molecule has 3 fully saturated rings. The summed E-state index contributed by atoms with van der Waals surface area (Å²) >= 11 is 1.12. The van der Waals surface area contributed by atoms with E-state index >= 15 is 0 Å². The Labute approximate surface area is 300 Å². The molecule has 2 aliphatic heterocycles. The molecule has 1 atom stereocenters. The van der Waals surface area contributed by atoms with Crippen molar-refractivity contribution in [3.05, 3.63) is 69.6 Å². The first kappa shape index (κ1) is 34.1. The van der Waals surface area contributed by atoms with Gasteiger partial charge >= 0.3 is 5.69 Å². The van der Waals surface area contributed by atoms with E-state index in [-0.39, 0.29) is 40.9 Å². The van der Waals surface area contributed by atoms with Crippen LogP contribution in [0, 0.1) is 5.92 Å². The Morgan fingerprint density at radius 3 is 2.67 bits per heavy atom. The second kappa shape index (κ2) is 13.5. The zero-order valence-corrected chi connectivity index (χ0v) is 29.5. The number of nitrogens with zero attached hydrogens (tertiary/aromatic N) is 8. The molecular weight excluding hydrogens is 695 g/mol. The molecule has 1 aliphatic carbocycles. The van der Waals surface area contributed by atoms with Crippen molar-refractivity contribution in [1.29, 1.82) is 0 Å². The Balaban J connectivity index is 0.878. The summed E-state index contributed by atoms with van der Waals surface area (Å²) in [6, 6.07) is 7.10. The summed E-state index contributed by atoms with van der Waals surface area (Å²) in [5.74, 6) is -0.860. The summed E-state index contributed by atoms with van der Waals surface area (Å²) in [7, 11) is 3.86. The highest BCUT2D eigenvalue weighted by molar-refractivity contribution is 7.16. The zero-order valence-electron chi connectivity index (χ0n) is 28.7. The van der Waals surface area contributed by atoms with Crippen LogP contribution in [0.2, 0.25) is 0 Å². The van der Waals surface area contributed by atoms with Crippen LogP contribution in [0.4, 0.5) is 19.5 Å². The lowest BCUT2D eigenvalue weighted by atomic mass is 9.75. The molecule has 0 spiro atoms. The molecule has 5 aromatic rings. The van der Waals surface area contributed by atoms with Crippen molar-refractivity contribution in [2.45, 2.75) is 63.0 Å². The largest absolute Gasteiger partial charge is 0.370 e. The number of anilines is 2. The van der Waals surface area contributed by atoms with Gasteiger partial charge in [0.15, 0.2) is 5.65 Å². The average Bonchev–Trinajstić information content (AvgIpc) is 3.81. The second-order valence-corrected chi connectivity index (χ2v) is 15.0. The third-order valence-electron chi connectivity index (χ3n) is 10.8. The van der Waals surface area contributed by atoms with Crippen molar-refractivity contribution in [2.75, 3.05) is 36.9 Å². The van der Waals surface area contributed by atoms with Gasteiger partial charge in [-0.3, -0.25) is 28.8 Å². The molecule has 3 amide bonds. The first-order valence-corrected chi connectivity index (χ1v) is 18.3. The van der Waals surface area contributed by atoms with Gasteiger partial charge in [-0.25, -0.2) is 28.1 Å². The molecule has 3 aliphatic rings. The van der Waals surface area contributed by atoms with Gasteiger partial charge in [0.25, 0.3) is 12.3 Å². The number of imidazole rings is 1. The lowest BCUT2D eigenvalue weighted by molar-refractivity contribution is -0.135. The van der Waals surface area contributed by atoms with E-state index in [0.717, 1.165) is 67.9 Å². The number of rotatable bonds is 9. The van der Waals surface area contributed by atoms with Gasteiger partial charge in [-0.2, -0.15) is 5.10 Å². The Kier molecular flexibility index (Phi) is 8.85. The lowest BCUT2D eigenvalue weighted by Crippen LogP contribution is -2.46. The first-order chi connectivity index (χ1) is 25.1. The van der Waals surface area contributed by atoms with E-state index in [9.17, 15) is 28.0 Å². The summed E-state index contributed by atoms with van der Waals surface area (Å²) in [5.41, 5.74) is 2.24. The van der Waals surface area contributed by atoms with Crippen molar-refractivity contribution in [3.63, 3.8) is 0 Å². The van der Waals surface area contributed by atoms with Crippen molar-refractivity contribution in [1.82, 2.24) is 38.9 Å². The van der Waals surface area contributed by atoms with Gasteiger partial charge in [0.05, 0.1) is 27.9 Å². The number of carbonyl (C=O) groups excluding carboxylic acids is 3. The summed E-state index contributed by atoms with van der Waals surface area (Å²) in [6.45, 7) is 2.49. The van der Waals surface area contributed by atoms with Crippen LogP contribution in [-0.2, 0) is 16.6 Å². The van der Waals surface area contributed by atoms with Crippen molar-refractivity contribution in [2.24, 2.45) is 13.0 Å². The number of aryl methyl sites for hydroxylation is 1. The van der Waals surface area contributed by atoms with Crippen LogP contribution in [0.15, 0.2) is 47.7 Å². The summed E-state index contributed by atoms with van der Waals surface area (Å²) in [6.07, 6.45) is 5.75. The molecule has 1 unspecified atom stereocenters. The van der Waals surface area contributed by atoms with E-state index in [0.29, 0.717) is 28.1 Å². The van der Waals surface area contributed by atoms with Crippen LogP contribution in [0.5, 0.6) is 0 Å².